The van der Waals surface area contributed by atoms with Crippen molar-refractivity contribution in [2.45, 2.75) is 20.4 Å². The van der Waals surface area contributed by atoms with Gasteiger partial charge in [-0.1, -0.05) is 13.8 Å². The minimum absolute atomic E-state index is 0.0435. The van der Waals surface area contributed by atoms with Crippen molar-refractivity contribution in [2.75, 3.05) is 6.54 Å². The van der Waals surface area contributed by atoms with Gasteiger partial charge in [0.25, 0.3) is 0 Å². The van der Waals surface area contributed by atoms with Gasteiger partial charge in [-0.15, -0.1) is 11.3 Å². The van der Waals surface area contributed by atoms with Crippen molar-refractivity contribution in [1.29, 1.82) is 0 Å². The maximum atomic E-state index is 11.8. The molecule has 3 N–H and O–H groups in total. The largest absolute Gasteiger partial charge is 0.351 e. The van der Waals surface area contributed by atoms with Crippen LogP contribution in [0, 0.1) is 11.8 Å². The van der Waals surface area contributed by atoms with Gasteiger partial charge in [-0.3, -0.25) is 4.79 Å². The second kappa shape index (κ2) is 6.37. The number of thiophene rings is 1. The topological polar surface area (TPSA) is 55.1 Å². The fraction of sp³-hybridized carbons (Fsp3) is 0.545. The molecule has 0 aliphatic carbocycles. The van der Waals surface area contributed by atoms with Gasteiger partial charge in [-0.2, -0.15) is 0 Å². The number of nitrogens with one attached hydrogen (secondary N) is 1. The second-order valence-electron chi connectivity index (χ2n) is 4.01. The lowest BCUT2D eigenvalue weighted by atomic mass is 9.95. The maximum Gasteiger partial charge on any atom is 0.224 e. The molecule has 3 nitrogen and oxygen atoms in total. The fourth-order valence-corrected chi connectivity index (χ4v) is 2.86. The first-order valence-electron chi connectivity index (χ1n) is 5.26. The van der Waals surface area contributed by atoms with Gasteiger partial charge in [0.1, 0.15) is 0 Å². The molecule has 1 aromatic rings. The third kappa shape index (κ3) is 3.88. The van der Waals surface area contributed by atoms with E-state index in [0.717, 1.165) is 8.66 Å². The summed E-state index contributed by atoms with van der Waals surface area (Å²) < 4.78 is 1.08. The lowest BCUT2D eigenvalue weighted by molar-refractivity contribution is -0.126. The Kier molecular flexibility index (Phi) is 5.44. The quantitative estimate of drug-likeness (QED) is 0.877. The van der Waals surface area contributed by atoms with E-state index in [-0.39, 0.29) is 17.7 Å². The van der Waals surface area contributed by atoms with Crippen LogP contribution in [0.4, 0.5) is 0 Å². The van der Waals surface area contributed by atoms with Gasteiger partial charge in [0.05, 0.1) is 16.2 Å². The summed E-state index contributed by atoms with van der Waals surface area (Å²) in [5, 5.41) is 2.92. The number of carbonyl (C=O) groups excluding carboxylic acids is 1. The van der Waals surface area contributed by atoms with Crippen molar-refractivity contribution in [3.63, 3.8) is 0 Å². The zero-order chi connectivity index (χ0) is 12.1. The number of rotatable bonds is 5. The van der Waals surface area contributed by atoms with E-state index in [4.69, 9.17) is 5.73 Å². The summed E-state index contributed by atoms with van der Waals surface area (Å²) in [7, 11) is 0. The Morgan fingerprint density at radius 1 is 1.56 bits per heavy atom. The first-order chi connectivity index (χ1) is 7.54. The van der Waals surface area contributed by atoms with Crippen molar-refractivity contribution >= 4 is 33.2 Å². The zero-order valence-electron chi connectivity index (χ0n) is 9.50. The second-order valence-corrected chi connectivity index (χ2v) is 6.56. The highest BCUT2D eigenvalue weighted by Crippen LogP contribution is 2.21. The molecule has 0 aliphatic rings. The van der Waals surface area contributed by atoms with E-state index in [2.05, 4.69) is 21.2 Å². The van der Waals surface area contributed by atoms with Crippen LogP contribution in [0.2, 0.25) is 0 Å². The zero-order valence-corrected chi connectivity index (χ0v) is 11.9. The summed E-state index contributed by atoms with van der Waals surface area (Å²) in [5.41, 5.74) is 5.58. The van der Waals surface area contributed by atoms with E-state index in [1.54, 1.807) is 11.3 Å². The molecule has 0 aliphatic heterocycles. The summed E-state index contributed by atoms with van der Waals surface area (Å²) in [6, 6.07) is 3.98. The molecule has 0 saturated heterocycles. The van der Waals surface area contributed by atoms with Gasteiger partial charge < -0.3 is 11.1 Å². The van der Waals surface area contributed by atoms with Gasteiger partial charge in [-0.05, 0) is 34.0 Å². The molecule has 1 rings (SSSR count). The SMILES string of the molecule is CC(C)C(CN)C(=O)NCc1ccc(Br)s1. The van der Waals surface area contributed by atoms with Gasteiger partial charge in [0.15, 0.2) is 0 Å². The van der Waals surface area contributed by atoms with Crippen molar-refractivity contribution in [3.8, 4) is 0 Å². The molecule has 0 aromatic carbocycles. The highest BCUT2D eigenvalue weighted by atomic mass is 79.9. The molecule has 0 radical (unpaired) electrons. The molecule has 16 heavy (non-hydrogen) atoms. The van der Waals surface area contributed by atoms with Gasteiger partial charge in [-0.25, -0.2) is 0 Å². The third-order valence-corrected chi connectivity index (χ3v) is 4.08. The Morgan fingerprint density at radius 2 is 2.25 bits per heavy atom. The van der Waals surface area contributed by atoms with E-state index >= 15 is 0 Å². The summed E-state index contributed by atoms with van der Waals surface area (Å²) in [6.45, 7) is 5.01. The van der Waals surface area contributed by atoms with E-state index in [0.29, 0.717) is 13.1 Å². The van der Waals surface area contributed by atoms with Crippen LogP contribution in [-0.4, -0.2) is 12.5 Å². The average Bonchev–Trinajstić information content (AvgIpc) is 2.62. The van der Waals surface area contributed by atoms with Gasteiger partial charge in [0.2, 0.25) is 5.91 Å². The predicted octanol–water partition coefficient (Wildman–Crippen LogP) is 2.36. The van der Waals surface area contributed by atoms with Crippen LogP contribution in [0.5, 0.6) is 0 Å². The predicted molar refractivity (Wildman–Crippen MR) is 71.2 cm³/mol. The standard InChI is InChI=1S/C11H17BrN2OS/c1-7(2)9(5-13)11(15)14-6-8-3-4-10(12)16-8/h3-4,7,9H,5-6,13H2,1-2H3,(H,14,15). The summed E-state index contributed by atoms with van der Waals surface area (Å²) in [4.78, 5) is 12.9. The van der Waals surface area contributed by atoms with Crippen molar-refractivity contribution < 1.29 is 4.79 Å². The van der Waals surface area contributed by atoms with Crippen LogP contribution in [0.3, 0.4) is 0 Å². The number of halogens is 1. The molecule has 90 valence electrons. The van der Waals surface area contributed by atoms with Crippen molar-refractivity contribution in [3.05, 3.63) is 20.8 Å². The number of hydrogen-bond acceptors (Lipinski definition) is 3. The minimum Gasteiger partial charge on any atom is -0.351 e. The average molecular weight is 305 g/mol. The lowest BCUT2D eigenvalue weighted by Gasteiger charge is -2.17. The Labute approximate surface area is 109 Å². The fourth-order valence-electron chi connectivity index (χ4n) is 1.43. The molecule has 0 fully saturated rings. The molecule has 1 heterocycles. The lowest BCUT2D eigenvalue weighted by Crippen LogP contribution is -2.37. The van der Waals surface area contributed by atoms with Crippen LogP contribution < -0.4 is 11.1 Å². The Balaban J connectivity index is 2.45. The summed E-state index contributed by atoms with van der Waals surface area (Å²) in [6.07, 6.45) is 0. The van der Waals surface area contributed by atoms with Crippen LogP contribution in [0.15, 0.2) is 15.9 Å². The van der Waals surface area contributed by atoms with Gasteiger partial charge in [0, 0.05) is 11.4 Å². The Bertz CT molecular complexity index is 352. The van der Waals surface area contributed by atoms with Crippen LogP contribution >= 0.6 is 27.3 Å². The van der Waals surface area contributed by atoms with Crippen LogP contribution in [-0.2, 0) is 11.3 Å². The number of nitrogens with two attached hydrogens (primary N) is 1. The van der Waals surface area contributed by atoms with E-state index in [1.165, 1.54) is 0 Å². The van der Waals surface area contributed by atoms with E-state index < -0.39 is 0 Å². The normalized spacial score (nSPS) is 12.8. The number of carbonyl (C=O) groups is 1. The Morgan fingerprint density at radius 3 is 2.69 bits per heavy atom. The van der Waals surface area contributed by atoms with Crippen molar-refractivity contribution in [2.24, 2.45) is 17.6 Å². The van der Waals surface area contributed by atoms with Crippen LogP contribution in [0.1, 0.15) is 18.7 Å². The first-order valence-corrected chi connectivity index (χ1v) is 6.87. The molecule has 1 atom stereocenters. The number of amides is 1. The molecule has 0 bridgehead atoms. The molecule has 0 spiro atoms. The molecule has 5 heteroatoms. The minimum atomic E-state index is -0.0941. The van der Waals surface area contributed by atoms with Crippen LogP contribution in [0.25, 0.3) is 0 Å². The monoisotopic (exact) mass is 304 g/mol. The highest BCUT2D eigenvalue weighted by Gasteiger charge is 2.19. The third-order valence-electron chi connectivity index (χ3n) is 2.46. The molecule has 1 amide bonds. The molecular formula is C11H17BrN2OS. The highest BCUT2D eigenvalue weighted by molar-refractivity contribution is 9.11. The smallest absolute Gasteiger partial charge is 0.224 e. The molecule has 1 aromatic heterocycles. The number of hydrogen-bond donors (Lipinski definition) is 2. The van der Waals surface area contributed by atoms with Gasteiger partial charge >= 0.3 is 0 Å². The Hall–Kier alpha value is -0.390. The summed E-state index contributed by atoms with van der Waals surface area (Å²) >= 11 is 5.02. The molecule has 0 saturated carbocycles. The van der Waals surface area contributed by atoms with Crippen molar-refractivity contribution in [1.82, 2.24) is 5.32 Å². The molecule has 1 unspecified atom stereocenters. The maximum absolute atomic E-state index is 11.8. The molecular weight excluding hydrogens is 288 g/mol. The van der Waals surface area contributed by atoms with E-state index in [1.807, 2.05) is 26.0 Å². The summed E-state index contributed by atoms with van der Waals surface area (Å²) in [5.74, 6) is 0.227. The van der Waals surface area contributed by atoms with E-state index in [9.17, 15) is 4.79 Å². The first kappa shape index (κ1) is 13.7.